The van der Waals surface area contributed by atoms with Crippen molar-refractivity contribution in [3.8, 4) is 6.07 Å². The summed E-state index contributed by atoms with van der Waals surface area (Å²) in [5.41, 5.74) is 3.71. The van der Waals surface area contributed by atoms with Gasteiger partial charge in [-0.2, -0.15) is 5.26 Å². The molecular formula is C27H22N4O2. The maximum Gasteiger partial charge on any atom is 0.264 e. The highest BCUT2D eigenvalue weighted by molar-refractivity contribution is 6.20. The number of amides is 2. The topological polar surface area (TPSA) is 94.3 Å². The van der Waals surface area contributed by atoms with Crippen LogP contribution in [0.2, 0.25) is 0 Å². The average Bonchev–Trinajstić information content (AvgIpc) is 3.18. The minimum Gasteiger partial charge on any atom is -0.345 e. The summed E-state index contributed by atoms with van der Waals surface area (Å²) in [5.74, 6) is -0.511. The number of carbonyl (C=O) groups excluding carboxylic acids is 2. The Morgan fingerprint density at radius 1 is 0.909 bits per heavy atom. The molecule has 1 aliphatic rings. The highest BCUT2D eigenvalue weighted by Crippen LogP contribution is 2.31. The number of hydrogen-bond donors (Lipinski definition) is 2. The SMILES string of the molecule is Cc1ccccc1C(=O)NC1=NC(=C(C#N)C(=O)NC(C)c2ccccc2)c2ccccc21. The van der Waals surface area contributed by atoms with E-state index in [-0.39, 0.29) is 23.2 Å². The predicted octanol–water partition coefficient (Wildman–Crippen LogP) is 4.30. The van der Waals surface area contributed by atoms with Crippen LogP contribution in [-0.2, 0) is 4.79 Å². The third kappa shape index (κ3) is 4.43. The molecule has 3 aromatic rings. The van der Waals surface area contributed by atoms with Crippen LogP contribution in [0.3, 0.4) is 0 Å². The van der Waals surface area contributed by atoms with E-state index in [4.69, 9.17) is 0 Å². The number of fused-ring (bicyclic) bond motifs is 1. The number of amidine groups is 1. The summed E-state index contributed by atoms with van der Waals surface area (Å²) < 4.78 is 0. The van der Waals surface area contributed by atoms with Crippen LogP contribution >= 0.6 is 0 Å². The van der Waals surface area contributed by atoms with Crippen LogP contribution in [0.4, 0.5) is 0 Å². The number of hydrogen-bond acceptors (Lipinski definition) is 4. The second-order valence-electron chi connectivity index (χ2n) is 7.72. The number of carbonyl (C=O) groups is 2. The maximum atomic E-state index is 13.0. The monoisotopic (exact) mass is 434 g/mol. The van der Waals surface area contributed by atoms with Crippen molar-refractivity contribution in [2.75, 3.05) is 0 Å². The molecule has 6 nitrogen and oxygen atoms in total. The van der Waals surface area contributed by atoms with Gasteiger partial charge in [-0.25, -0.2) is 4.99 Å². The standard InChI is InChI=1S/C27H22N4O2/c1-17-10-6-7-13-20(17)26(32)31-25-22-15-9-8-14-21(22)24(30-25)23(16-28)27(33)29-18(2)19-11-4-3-5-12-19/h3-15,18H,1-2H3,(H,29,33)(H,30,31,32). The van der Waals surface area contributed by atoms with Crippen LogP contribution in [0.15, 0.2) is 89.4 Å². The molecule has 0 aromatic heterocycles. The molecule has 1 atom stereocenters. The number of rotatable bonds is 4. The molecule has 162 valence electrons. The van der Waals surface area contributed by atoms with Gasteiger partial charge >= 0.3 is 0 Å². The van der Waals surface area contributed by atoms with E-state index < -0.39 is 5.91 Å². The van der Waals surface area contributed by atoms with Crippen molar-refractivity contribution >= 4 is 23.3 Å². The first-order valence-electron chi connectivity index (χ1n) is 10.5. The molecule has 2 N–H and O–H groups in total. The smallest absolute Gasteiger partial charge is 0.264 e. The van der Waals surface area contributed by atoms with Gasteiger partial charge in [0.2, 0.25) is 0 Å². The van der Waals surface area contributed by atoms with E-state index in [9.17, 15) is 14.9 Å². The molecule has 0 bridgehead atoms. The maximum absolute atomic E-state index is 13.0. The fourth-order valence-corrected chi connectivity index (χ4v) is 3.72. The van der Waals surface area contributed by atoms with E-state index in [0.717, 1.165) is 11.1 Å². The van der Waals surface area contributed by atoms with Crippen molar-refractivity contribution in [3.05, 3.63) is 112 Å². The Kier molecular flexibility index (Phi) is 6.14. The first-order valence-corrected chi connectivity index (χ1v) is 10.5. The van der Waals surface area contributed by atoms with Crippen molar-refractivity contribution in [3.63, 3.8) is 0 Å². The summed E-state index contributed by atoms with van der Waals surface area (Å²) in [4.78, 5) is 30.4. The lowest BCUT2D eigenvalue weighted by molar-refractivity contribution is -0.117. The molecule has 0 fully saturated rings. The molecule has 2 amide bonds. The number of aliphatic imine (C=N–C) groups is 1. The lowest BCUT2D eigenvalue weighted by atomic mass is 10.0. The highest BCUT2D eigenvalue weighted by Gasteiger charge is 2.28. The van der Waals surface area contributed by atoms with E-state index in [1.807, 2.05) is 68.4 Å². The molecule has 33 heavy (non-hydrogen) atoms. The first kappa shape index (κ1) is 21.7. The molecule has 0 radical (unpaired) electrons. The van der Waals surface area contributed by atoms with Crippen LogP contribution in [0.25, 0.3) is 5.70 Å². The summed E-state index contributed by atoms with van der Waals surface area (Å²) in [7, 11) is 0. The van der Waals surface area contributed by atoms with Gasteiger partial charge in [-0.05, 0) is 31.0 Å². The summed E-state index contributed by atoms with van der Waals surface area (Å²) in [6.07, 6.45) is 0. The predicted molar refractivity (Wildman–Crippen MR) is 127 cm³/mol. The van der Waals surface area contributed by atoms with Crippen molar-refractivity contribution < 1.29 is 9.59 Å². The molecule has 4 rings (SSSR count). The Balaban J connectivity index is 1.67. The van der Waals surface area contributed by atoms with Crippen LogP contribution in [0, 0.1) is 18.3 Å². The molecule has 0 aliphatic carbocycles. The van der Waals surface area contributed by atoms with Gasteiger partial charge < -0.3 is 10.6 Å². The molecule has 1 unspecified atom stereocenters. The molecular weight excluding hydrogens is 412 g/mol. The molecule has 1 heterocycles. The zero-order valence-corrected chi connectivity index (χ0v) is 18.3. The first-order chi connectivity index (χ1) is 16.0. The lowest BCUT2D eigenvalue weighted by Crippen LogP contribution is -2.30. The average molecular weight is 434 g/mol. The fraction of sp³-hybridized carbons (Fsp3) is 0.111. The Bertz CT molecular complexity index is 1330. The van der Waals surface area contributed by atoms with E-state index in [1.165, 1.54) is 0 Å². The number of nitriles is 1. The minimum atomic E-state index is -0.520. The van der Waals surface area contributed by atoms with Gasteiger partial charge in [-0.1, -0.05) is 72.8 Å². The van der Waals surface area contributed by atoms with Crippen LogP contribution < -0.4 is 10.6 Å². The van der Waals surface area contributed by atoms with E-state index in [1.54, 1.807) is 30.3 Å². The highest BCUT2D eigenvalue weighted by atomic mass is 16.2. The van der Waals surface area contributed by atoms with Gasteiger partial charge in [-0.15, -0.1) is 0 Å². The van der Waals surface area contributed by atoms with Gasteiger partial charge in [0.1, 0.15) is 17.5 Å². The van der Waals surface area contributed by atoms with Crippen molar-refractivity contribution in [2.24, 2.45) is 4.99 Å². The van der Waals surface area contributed by atoms with Crippen molar-refractivity contribution in [2.45, 2.75) is 19.9 Å². The Labute approximate surface area is 192 Å². The minimum absolute atomic E-state index is 0.106. The van der Waals surface area contributed by atoms with Gasteiger partial charge in [0, 0.05) is 16.7 Å². The molecule has 1 aliphatic heterocycles. The van der Waals surface area contributed by atoms with Gasteiger partial charge in [-0.3, -0.25) is 9.59 Å². The lowest BCUT2D eigenvalue weighted by Gasteiger charge is -2.14. The van der Waals surface area contributed by atoms with Gasteiger partial charge in [0.05, 0.1) is 11.7 Å². The summed E-state index contributed by atoms with van der Waals surface area (Å²) in [5, 5.41) is 15.5. The largest absolute Gasteiger partial charge is 0.345 e. The van der Waals surface area contributed by atoms with Crippen LogP contribution in [0.1, 0.15) is 45.6 Å². The normalized spacial score (nSPS) is 14.4. The van der Waals surface area contributed by atoms with E-state index >= 15 is 0 Å². The third-order valence-corrected chi connectivity index (χ3v) is 5.51. The third-order valence-electron chi connectivity index (χ3n) is 5.51. The number of benzene rings is 3. The fourth-order valence-electron chi connectivity index (χ4n) is 3.72. The molecule has 0 saturated heterocycles. The zero-order chi connectivity index (χ0) is 23.4. The van der Waals surface area contributed by atoms with Crippen LogP contribution in [0.5, 0.6) is 0 Å². The summed E-state index contributed by atoms with van der Waals surface area (Å²) in [6, 6.07) is 25.7. The van der Waals surface area contributed by atoms with Crippen molar-refractivity contribution in [1.29, 1.82) is 5.26 Å². The molecule has 3 aromatic carbocycles. The quantitative estimate of drug-likeness (QED) is 0.474. The molecule has 0 spiro atoms. The number of aryl methyl sites for hydroxylation is 1. The number of nitrogens with one attached hydrogen (secondary N) is 2. The number of nitrogens with zero attached hydrogens (tertiary/aromatic N) is 2. The summed E-state index contributed by atoms with van der Waals surface area (Å²) in [6.45, 7) is 3.71. The van der Waals surface area contributed by atoms with E-state index in [0.29, 0.717) is 22.5 Å². The second-order valence-corrected chi connectivity index (χ2v) is 7.72. The van der Waals surface area contributed by atoms with Gasteiger partial charge in [0.15, 0.2) is 0 Å². The summed E-state index contributed by atoms with van der Waals surface area (Å²) >= 11 is 0. The molecule has 0 saturated carbocycles. The Morgan fingerprint density at radius 3 is 2.24 bits per heavy atom. The van der Waals surface area contributed by atoms with Crippen molar-refractivity contribution in [1.82, 2.24) is 10.6 Å². The van der Waals surface area contributed by atoms with E-state index in [2.05, 4.69) is 15.6 Å². The Hall–Kier alpha value is -4.50. The van der Waals surface area contributed by atoms with Crippen LogP contribution in [-0.4, -0.2) is 17.6 Å². The van der Waals surface area contributed by atoms with Gasteiger partial charge in [0.25, 0.3) is 11.8 Å². The second kappa shape index (κ2) is 9.33. The Morgan fingerprint density at radius 2 is 1.55 bits per heavy atom. The zero-order valence-electron chi connectivity index (χ0n) is 18.3. The molecule has 6 heteroatoms.